The number of hydrogen-bond acceptors (Lipinski definition) is 3. The number of benzene rings is 3. The molecule has 158 valence electrons. The van der Waals surface area contributed by atoms with E-state index in [2.05, 4.69) is 15.4 Å². The number of nitrogens with zero attached hydrogens (tertiary/aromatic N) is 2. The first-order chi connectivity index (χ1) is 15.6. The number of halogens is 1. The maximum atomic E-state index is 13.7. The monoisotopic (exact) mass is 426 g/mol. The lowest BCUT2D eigenvalue weighted by molar-refractivity contribution is 0.0948. The molecule has 5 rings (SSSR count). The first-order valence-electron chi connectivity index (χ1n) is 10.2. The second-order valence-corrected chi connectivity index (χ2v) is 7.52. The van der Waals surface area contributed by atoms with E-state index in [-0.39, 0.29) is 29.1 Å². The number of hydrogen-bond donors (Lipinski definition) is 2. The topological polar surface area (TPSA) is 79.3 Å². The maximum Gasteiger partial charge on any atom is 0.274 e. The molecule has 0 fully saturated rings. The van der Waals surface area contributed by atoms with Gasteiger partial charge in [-0.3, -0.25) is 9.59 Å². The first kappa shape index (κ1) is 19.7. The number of nitrogens with one attached hydrogen (secondary N) is 2. The van der Waals surface area contributed by atoms with E-state index < -0.39 is 5.91 Å². The highest BCUT2D eigenvalue weighted by molar-refractivity contribution is 5.93. The Morgan fingerprint density at radius 3 is 2.62 bits per heavy atom. The van der Waals surface area contributed by atoms with Gasteiger partial charge in [0.1, 0.15) is 11.3 Å². The van der Waals surface area contributed by atoms with E-state index in [1.807, 2.05) is 42.5 Å². The zero-order valence-electron chi connectivity index (χ0n) is 17.0. The number of aromatic amines is 1. The summed E-state index contributed by atoms with van der Waals surface area (Å²) in [6.07, 6.45) is 2.05. The molecule has 0 bridgehead atoms. The van der Waals surface area contributed by atoms with E-state index in [1.54, 1.807) is 24.4 Å². The lowest BCUT2D eigenvalue weighted by atomic mass is 10.1. The Hall–Kier alpha value is -4.26. The second kappa shape index (κ2) is 8.11. The van der Waals surface area contributed by atoms with Crippen LogP contribution in [0.3, 0.4) is 0 Å². The SMILES string of the molecule is O=C(NCCc1ccccc1F)c1cc2c(=O)[nH]c(-c3ccc4ccccc4c3)cn2n1. The van der Waals surface area contributed by atoms with Gasteiger partial charge in [-0.05, 0) is 34.9 Å². The Kier molecular flexibility index (Phi) is 4.99. The van der Waals surface area contributed by atoms with E-state index in [9.17, 15) is 14.0 Å². The minimum Gasteiger partial charge on any atom is -0.350 e. The number of carbonyl (C=O) groups excluding carboxylic acids is 1. The van der Waals surface area contributed by atoms with Crippen molar-refractivity contribution in [3.8, 4) is 11.3 Å². The first-order valence-corrected chi connectivity index (χ1v) is 10.2. The number of amides is 1. The minimum absolute atomic E-state index is 0.125. The third kappa shape index (κ3) is 3.76. The molecule has 0 saturated heterocycles. The van der Waals surface area contributed by atoms with Crippen LogP contribution in [-0.2, 0) is 6.42 Å². The highest BCUT2D eigenvalue weighted by atomic mass is 19.1. The summed E-state index contributed by atoms with van der Waals surface area (Å²) in [4.78, 5) is 28.0. The van der Waals surface area contributed by atoms with Crippen molar-refractivity contribution in [1.82, 2.24) is 19.9 Å². The molecular formula is C25H19FN4O2. The van der Waals surface area contributed by atoms with Gasteiger partial charge in [0.2, 0.25) is 0 Å². The van der Waals surface area contributed by atoms with E-state index >= 15 is 0 Å². The average Bonchev–Trinajstić information content (AvgIpc) is 3.25. The Morgan fingerprint density at radius 1 is 1.00 bits per heavy atom. The minimum atomic E-state index is -0.420. The summed E-state index contributed by atoms with van der Waals surface area (Å²) in [5, 5.41) is 9.17. The molecule has 0 aliphatic rings. The number of carbonyl (C=O) groups is 1. The van der Waals surface area contributed by atoms with Gasteiger partial charge in [-0.25, -0.2) is 8.91 Å². The molecule has 32 heavy (non-hydrogen) atoms. The Morgan fingerprint density at radius 2 is 1.78 bits per heavy atom. The molecule has 7 heteroatoms. The predicted octanol–water partition coefficient (Wildman–Crippen LogP) is 3.95. The lowest BCUT2D eigenvalue weighted by Gasteiger charge is -2.05. The number of rotatable bonds is 5. The summed E-state index contributed by atoms with van der Waals surface area (Å²) in [6.45, 7) is 0.256. The fourth-order valence-corrected chi connectivity index (χ4v) is 3.72. The number of fused-ring (bicyclic) bond motifs is 2. The predicted molar refractivity (Wildman–Crippen MR) is 121 cm³/mol. The van der Waals surface area contributed by atoms with Crippen molar-refractivity contribution < 1.29 is 9.18 Å². The molecule has 0 saturated carbocycles. The standard InChI is InChI=1S/C25H19FN4O2/c26-20-8-4-3-6-17(20)11-12-27-24(31)21-14-23-25(32)28-22(15-30(23)29-21)19-10-9-16-5-1-2-7-18(16)13-19/h1-10,13-15H,11-12H2,(H,27,31)(H,28,32). The molecule has 2 aromatic heterocycles. The molecule has 0 unspecified atom stereocenters. The summed E-state index contributed by atoms with van der Waals surface area (Å²) < 4.78 is 15.1. The molecule has 2 N–H and O–H groups in total. The van der Waals surface area contributed by atoms with Crippen molar-refractivity contribution >= 4 is 22.2 Å². The van der Waals surface area contributed by atoms with E-state index in [1.165, 1.54) is 16.6 Å². The summed E-state index contributed by atoms with van der Waals surface area (Å²) >= 11 is 0. The quantitative estimate of drug-likeness (QED) is 0.447. The molecular weight excluding hydrogens is 407 g/mol. The van der Waals surface area contributed by atoms with Crippen LogP contribution >= 0.6 is 0 Å². The zero-order valence-corrected chi connectivity index (χ0v) is 17.0. The molecule has 0 atom stereocenters. The normalized spacial score (nSPS) is 11.2. The van der Waals surface area contributed by atoms with Gasteiger partial charge in [0.15, 0.2) is 5.69 Å². The van der Waals surface area contributed by atoms with Crippen molar-refractivity contribution in [3.05, 3.63) is 106 Å². The van der Waals surface area contributed by atoms with Gasteiger partial charge < -0.3 is 10.3 Å². The van der Waals surface area contributed by atoms with Gasteiger partial charge >= 0.3 is 0 Å². The molecule has 2 heterocycles. The lowest BCUT2D eigenvalue weighted by Crippen LogP contribution is -2.26. The van der Waals surface area contributed by atoms with Crippen LogP contribution in [0.15, 0.2) is 83.8 Å². The molecule has 3 aromatic carbocycles. The maximum absolute atomic E-state index is 13.7. The van der Waals surface area contributed by atoms with Gasteiger partial charge in [0, 0.05) is 18.2 Å². The van der Waals surface area contributed by atoms with Gasteiger partial charge in [-0.1, -0.05) is 54.6 Å². The van der Waals surface area contributed by atoms with Crippen LogP contribution in [0.1, 0.15) is 16.1 Å². The molecule has 0 aliphatic carbocycles. The van der Waals surface area contributed by atoms with Gasteiger partial charge in [0.05, 0.1) is 11.9 Å². The van der Waals surface area contributed by atoms with Crippen molar-refractivity contribution in [2.24, 2.45) is 0 Å². The van der Waals surface area contributed by atoms with E-state index in [4.69, 9.17) is 0 Å². The van der Waals surface area contributed by atoms with E-state index in [0.717, 1.165) is 16.3 Å². The van der Waals surface area contributed by atoms with Crippen LogP contribution in [0.4, 0.5) is 4.39 Å². The van der Waals surface area contributed by atoms with Crippen LogP contribution in [0.25, 0.3) is 27.5 Å². The van der Waals surface area contributed by atoms with Gasteiger partial charge in [0.25, 0.3) is 11.5 Å². The van der Waals surface area contributed by atoms with E-state index in [0.29, 0.717) is 17.7 Å². The number of H-pyrrole nitrogens is 1. The Balaban J connectivity index is 1.38. The summed E-state index contributed by atoms with van der Waals surface area (Å²) in [7, 11) is 0. The van der Waals surface area contributed by atoms with Crippen molar-refractivity contribution in [1.29, 1.82) is 0 Å². The van der Waals surface area contributed by atoms with Crippen molar-refractivity contribution in [3.63, 3.8) is 0 Å². The summed E-state index contributed by atoms with van der Waals surface area (Å²) in [5.41, 5.74) is 2.03. The molecule has 6 nitrogen and oxygen atoms in total. The second-order valence-electron chi connectivity index (χ2n) is 7.52. The molecule has 0 spiro atoms. The molecule has 1 amide bonds. The summed E-state index contributed by atoms with van der Waals surface area (Å²) in [6, 6.07) is 21.8. The molecule has 0 aliphatic heterocycles. The Labute approximate surface area is 182 Å². The number of aromatic nitrogens is 3. The fraction of sp³-hybridized carbons (Fsp3) is 0.0800. The molecule has 5 aromatic rings. The van der Waals surface area contributed by atoms with Crippen LogP contribution in [-0.4, -0.2) is 27.0 Å². The highest BCUT2D eigenvalue weighted by Crippen LogP contribution is 2.22. The zero-order chi connectivity index (χ0) is 22.1. The smallest absolute Gasteiger partial charge is 0.274 e. The van der Waals surface area contributed by atoms with Crippen LogP contribution in [0, 0.1) is 5.82 Å². The highest BCUT2D eigenvalue weighted by Gasteiger charge is 2.14. The summed E-state index contributed by atoms with van der Waals surface area (Å²) in [5.74, 6) is -0.723. The van der Waals surface area contributed by atoms with Gasteiger partial charge in [-0.2, -0.15) is 5.10 Å². The van der Waals surface area contributed by atoms with Crippen molar-refractivity contribution in [2.45, 2.75) is 6.42 Å². The fourth-order valence-electron chi connectivity index (χ4n) is 3.72. The largest absolute Gasteiger partial charge is 0.350 e. The van der Waals surface area contributed by atoms with Crippen LogP contribution < -0.4 is 10.9 Å². The third-order valence-corrected chi connectivity index (χ3v) is 5.40. The van der Waals surface area contributed by atoms with Crippen LogP contribution in [0.2, 0.25) is 0 Å². The average molecular weight is 426 g/mol. The molecule has 0 radical (unpaired) electrons. The van der Waals surface area contributed by atoms with Gasteiger partial charge in [-0.15, -0.1) is 0 Å². The Bertz CT molecular complexity index is 1520. The van der Waals surface area contributed by atoms with Crippen LogP contribution in [0.5, 0.6) is 0 Å². The van der Waals surface area contributed by atoms with Crippen molar-refractivity contribution in [2.75, 3.05) is 6.54 Å². The third-order valence-electron chi connectivity index (χ3n) is 5.40.